The van der Waals surface area contributed by atoms with Crippen LogP contribution >= 0.6 is 0 Å². The third-order valence-corrected chi connectivity index (χ3v) is 7.81. The molecule has 170 valence electrons. The second-order valence-corrected chi connectivity index (χ2v) is 9.80. The molecule has 1 fully saturated rings. The minimum Gasteiger partial charge on any atom is -0.450 e. The van der Waals surface area contributed by atoms with Gasteiger partial charge < -0.3 is 14.5 Å². The van der Waals surface area contributed by atoms with Crippen molar-refractivity contribution >= 4 is 27.7 Å². The zero-order valence-electron chi connectivity index (χ0n) is 18.2. The Kier molecular flexibility index (Phi) is 6.10. The van der Waals surface area contributed by atoms with Gasteiger partial charge in [0.2, 0.25) is 0 Å². The van der Waals surface area contributed by atoms with E-state index in [-0.39, 0.29) is 22.9 Å². The molecule has 1 saturated heterocycles. The van der Waals surface area contributed by atoms with E-state index >= 15 is 0 Å². The molecule has 32 heavy (non-hydrogen) atoms. The zero-order valence-corrected chi connectivity index (χ0v) is 19.0. The number of amides is 2. The van der Waals surface area contributed by atoms with Crippen molar-refractivity contribution in [2.75, 3.05) is 37.1 Å². The number of nitrogens with zero attached hydrogens (tertiary/aromatic N) is 3. The first-order chi connectivity index (χ1) is 15.3. The van der Waals surface area contributed by atoms with Gasteiger partial charge in [-0.05, 0) is 56.2 Å². The standard InChI is InChI=1S/C23H27N3O5S/c1-3-31-23(28)25-13-11-24(12-14-25)22(27)18-9-10-21-19(16-18)15-17(2)26(21)32(29,30)20-7-5-4-6-8-20/h4-10,16-17H,3,11-15H2,1-2H3/t17-/m0/s1. The van der Waals surface area contributed by atoms with E-state index in [1.54, 1.807) is 65.3 Å². The maximum Gasteiger partial charge on any atom is 0.409 e. The lowest BCUT2D eigenvalue weighted by Gasteiger charge is -2.34. The van der Waals surface area contributed by atoms with Crippen LogP contribution in [0.15, 0.2) is 53.4 Å². The maximum atomic E-state index is 13.2. The molecule has 2 aromatic carbocycles. The fraction of sp³-hybridized carbons (Fsp3) is 0.391. The smallest absolute Gasteiger partial charge is 0.409 e. The highest BCUT2D eigenvalue weighted by atomic mass is 32.2. The third-order valence-electron chi connectivity index (χ3n) is 5.87. The fourth-order valence-corrected chi connectivity index (χ4v) is 6.01. The monoisotopic (exact) mass is 457 g/mol. The molecule has 4 rings (SSSR count). The predicted molar refractivity (Wildman–Crippen MR) is 120 cm³/mol. The summed E-state index contributed by atoms with van der Waals surface area (Å²) in [6, 6.07) is 13.3. The highest BCUT2D eigenvalue weighted by molar-refractivity contribution is 7.92. The molecular formula is C23H27N3O5S. The van der Waals surface area contributed by atoms with Gasteiger partial charge in [0, 0.05) is 37.8 Å². The molecule has 9 heteroatoms. The van der Waals surface area contributed by atoms with Crippen molar-refractivity contribution < 1.29 is 22.7 Å². The average Bonchev–Trinajstić information content (AvgIpc) is 3.15. The van der Waals surface area contributed by atoms with Crippen LogP contribution in [0, 0.1) is 0 Å². The van der Waals surface area contributed by atoms with Crippen LogP contribution in [0.25, 0.3) is 0 Å². The van der Waals surface area contributed by atoms with Crippen LogP contribution in [-0.2, 0) is 21.2 Å². The molecule has 2 amide bonds. The first kappa shape index (κ1) is 22.1. The fourth-order valence-electron chi connectivity index (χ4n) is 4.30. The van der Waals surface area contributed by atoms with Crippen LogP contribution in [0.4, 0.5) is 10.5 Å². The molecule has 0 radical (unpaired) electrons. The normalized spacial score (nSPS) is 18.4. The highest BCUT2D eigenvalue weighted by Gasteiger charge is 2.36. The number of carbonyl (C=O) groups is 2. The van der Waals surface area contributed by atoms with E-state index in [9.17, 15) is 18.0 Å². The van der Waals surface area contributed by atoms with E-state index in [1.807, 2.05) is 6.92 Å². The van der Waals surface area contributed by atoms with Gasteiger partial charge in [0.05, 0.1) is 17.2 Å². The number of piperazine rings is 1. The average molecular weight is 458 g/mol. The number of hydrogen-bond donors (Lipinski definition) is 0. The number of carbonyl (C=O) groups excluding carboxylic acids is 2. The quantitative estimate of drug-likeness (QED) is 0.705. The Hall–Kier alpha value is -3.07. The number of anilines is 1. The van der Waals surface area contributed by atoms with Crippen molar-refractivity contribution in [3.8, 4) is 0 Å². The second-order valence-electron chi connectivity index (χ2n) is 7.99. The van der Waals surface area contributed by atoms with E-state index in [0.29, 0.717) is 50.5 Å². The summed E-state index contributed by atoms with van der Waals surface area (Å²) in [6.07, 6.45) is 0.185. The first-order valence-electron chi connectivity index (χ1n) is 10.8. The van der Waals surface area contributed by atoms with Crippen molar-refractivity contribution in [1.82, 2.24) is 9.80 Å². The maximum absolute atomic E-state index is 13.2. The number of hydrogen-bond acceptors (Lipinski definition) is 5. The summed E-state index contributed by atoms with van der Waals surface area (Å²) in [7, 11) is -3.69. The first-order valence-corrected chi connectivity index (χ1v) is 12.2. The topological polar surface area (TPSA) is 87.2 Å². The summed E-state index contributed by atoms with van der Waals surface area (Å²) >= 11 is 0. The SMILES string of the molecule is CCOC(=O)N1CCN(C(=O)c2ccc3c(c2)C[C@H](C)N3S(=O)(=O)c2ccccc2)CC1. The van der Waals surface area contributed by atoms with Crippen LogP contribution in [0.2, 0.25) is 0 Å². The van der Waals surface area contributed by atoms with Gasteiger partial charge in [-0.25, -0.2) is 13.2 Å². The van der Waals surface area contributed by atoms with Gasteiger partial charge in [0.1, 0.15) is 0 Å². The highest BCUT2D eigenvalue weighted by Crippen LogP contribution is 2.37. The molecule has 0 unspecified atom stereocenters. The summed E-state index contributed by atoms with van der Waals surface area (Å²) < 4.78 is 32.9. The van der Waals surface area contributed by atoms with Gasteiger partial charge in [-0.3, -0.25) is 9.10 Å². The molecular weight excluding hydrogens is 430 g/mol. The zero-order chi connectivity index (χ0) is 22.9. The minimum atomic E-state index is -3.69. The number of benzene rings is 2. The van der Waals surface area contributed by atoms with Crippen LogP contribution in [0.3, 0.4) is 0 Å². The van der Waals surface area contributed by atoms with Crippen molar-refractivity contribution in [3.05, 3.63) is 59.7 Å². The van der Waals surface area contributed by atoms with Crippen molar-refractivity contribution in [2.45, 2.75) is 31.2 Å². The molecule has 2 aliphatic heterocycles. The minimum absolute atomic E-state index is 0.117. The molecule has 1 atom stereocenters. The summed E-state index contributed by atoms with van der Waals surface area (Å²) in [6.45, 7) is 5.67. The molecule has 2 heterocycles. The van der Waals surface area contributed by atoms with Crippen molar-refractivity contribution in [3.63, 3.8) is 0 Å². The van der Waals surface area contributed by atoms with E-state index in [0.717, 1.165) is 5.56 Å². The number of rotatable bonds is 4. The van der Waals surface area contributed by atoms with Gasteiger partial charge in [-0.2, -0.15) is 0 Å². The number of sulfonamides is 1. The van der Waals surface area contributed by atoms with E-state index in [2.05, 4.69) is 0 Å². The van der Waals surface area contributed by atoms with Crippen molar-refractivity contribution in [2.24, 2.45) is 0 Å². The molecule has 0 N–H and O–H groups in total. The van der Waals surface area contributed by atoms with E-state index in [4.69, 9.17) is 4.74 Å². The van der Waals surface area contributed by atoms with Crippen LogP contribution < -0.4 is 4.31 Å². The van der Waals surface area contributed by atoms with Gasteiger partial charge >= 0.3 is 6.09 Å². The largest absolute Gasteiger partial charge is 0.450 e. The summed E-state index contributed by atoms with van der Waals surface area (Å²) in [5.74, 6) is -0.117. The Bertz CT molecular complexity index is 1110. The van der Waals surface area contributed by atoms with Crippen LogP contribution in [0.1, 0.15) is 29.8 Å². The Balaban J connectivity index is 1.51. The molecule has 2 aliphatic rings. The molecule has 0 aromatic heterocycles. The number of ether oxygens (including phenoxy) is 1. The lowest BCUT2D eigenvalue weighted by molar-refractivity contribution is 0.0570. The molecule has 2 aromatic rings. The van der Waals surface area contributed by atoms with E-state index < -0.39 is 10.0 Å². The molecule has 0 aliphatic carbocycles. The van der Waals surface area contributed by atoms with E-state index in [1.165, 1.54) is 4.31 Å². The summed E-state index contributed by atoms with van der Waals surface area (Å²) in [5.41, 5.74) is 1.98. The summed E-state index contributed by atoms with van der Waals surface area (Å²) in [4.78, 5) is 28.5. The van der Waals surface area contributed by atoms with Crippen LogP contribution in [-0.4, -0.2) is 69.0 Å². The Labute approximate surface area is 188 Å². The van der Waals surface area contributed by atoms with Crippen molar-refractivity contribution in [1.29, 1.82) is 0 Å². The van der Waals surface area contributed by atoms with Gasteiger partial charge in [-0.15, -0.1) is 0 Å². The molecule has 8 nitrogen and oxygen atoms in total. The van der Waals surface area contributed by atoms with Gasteiger partial charge in [-0.1, -0.05) is 18.2 Å². The Morgan fingerprint density at radius 2 is 1.66 bits per heavy atom. The third kappa shape index (κ3) is 4.04. The van der Waals surface area contributed by atoms with Gasteiger partial charge in [0.25, 0.3) is 15.9 Å². The lowest BCUT2D eigenvalue weighted by atomic mass is 10.1. The van der Waals surface area contributed by atoms with Gasteiger partial charge in [0.15, 0.2) is 0 Å². The Morgan fingerprint density at radius 3 is 2.31 bits per heavy atom. The predicted octanol–water partition coefficient (Wildman–Crippen LogP) is 2.74. The number of fused-ring (bicyclic) bond motifs is 1. The summed E-state index contributed by atoms with van der Waals surface area (Å²) in [5, 5.41) is 0. The Morgan fingerprint density at radius 1 is 1.00 bits per heavy atom. The molecule has 0 bridgehead atoms. The molecule has 0 spiro atoms. The lowest BCUT2D eigenvalue weighted by Crippen LogP contribution is -2.50. The second kappa shape index (κ2) is 8.82. The molecule has 0 saturated carbocycles. The van der Waals surface area contributed by atoms with Crippen LogP contribution in [0.5, 0.6) is 0 Å².